The monoisotopic (exact) mass is 547 g/mol. The summed E-state index contributed by atoms with van der Waals surface area (Å²) in [5.41, 5.74) is -0.298. The van der Waals surface area contributed by atoms with Crippen LogP contribution in [0.3, 0.4) is 0 Å². The van der Waals surface area contributed by atoms with Gasteiger partial charge in [-0.05, 0) is 59.4 Å². The van der Waals surface area contributed by atoms with Crippen molar-refractivity contribution in [3.8, 4) is 5.75 Å². The molecule has 2 aromatic carbocycles. The van der Waals surface area contributed by atoms with Crippen molar-refractivity contribution in [1.29, 1.82) is 0 Å². The van der Waals surface area contributed by atoms with Crippen molar-refractivity contribution in [2.24, 2.45) is 4.99 Å². The number of benzene rings is 2. The highest BCUT2D eigenvalue weighted by Gasteiger charge is 2.36. The fourth-order valence-corrected chi connectivity index (χ4v) is 4.60. The second-order valence-electron chi connectivity index (χ2n) is 9.31. The molecule has 1 saturated heterocycles. The van der Waals surface area contributed by atoms with E-state index >= 15 is 0 Å². The Labute approximate surface area is 232 Å². The van der Waals surface area contributed by atoms with E-state index in [1.807, 2.05) is 4.90 Å². The number of hydrogen-bond donors (Lipinski definition) is 1. The third-order valence-electron chi connectivity index (χ3n) is 6.61. The molecule has 0 aliphatic carbocycles. The highest BCUT2D eigenvalue weighted by molar-refractivity contribution is 6.00. The molecule has 1 unspecified atom stereocenters. The first-order valence-electron chi connectivity index (χ1n) is 15.4. The maximum Gasteiger partial charge on any atom is 0.416 e. The topological polar surface area (TPSA) is 56.9 Å². The fourth-order valence-electron chi connectivity index (χ4n) is 4.60. The largest absolute Gasteiger partial charge is 0.487 e. The van der Waals surface area contributed by atoms with E-state index in [9.17, 15) is 22.4 Å². The molecule has 0 aromatic heterocycles. The minimum absolute atomic E-state index is 0.0175. The number of carbonyl (C=O) groups is 1. The van der Waals surface area contributed by atoms with E-state index < -0.39 is 54.5 Å². The average molecular weight is 548 g/mol. The first kappa shape index (κ1) is 20.0. The number of allylic oxidation sites excluding steroid dienone is 2. The van der Waals surface area contributed by atoms with Crippen molar-refractivity contribution in [3.63, 3.8) is 0 Å². The number of alkyl halides is 3. The molecule has 0 saturated carbocycles. The standard InChI is InChI=1S/C29H28F4N4O2/c1-18-3-10-26-35-19(2)27(37(26)17-18)28(38)34-16-20-4-9-25(24(30)15-20)39-23-11-13-36(14-12-23)22-7-5-21(6-8-22)29(31,32)33/h3-9,15,17,23H,10-14,16H2,1-2H3/p+1/i1D3,3D,10D,17D. The molecule has 2 aromatic rings. The summed E-state index contributed by atoms with van der Waals surface area (Å²) >= 11 is 0. The zero-order valence-electron chi connectivity index (χ0n) is 26.9. The first-order chi connectivity index (χ1) is 21.1. The second kappa shape index (κ2) is 10.7. The summed E-state index contributed by atoms with van der Waals surface area (Å²) in [4.78, 5) is 19.3. The van der Waals surface area contributed by atoms with Gasteiger partial charge in [0.05, 0.1) is 19.5 Å². The number of hydrogen-bond acceptors (Lipinski definition) is 4. The predicted octanol–water partition coefficient (Wildman–Crippen LogP) is 5.59. The number of nitrogens with one attached hydrogen (secondary N) is 1. The normalized spacial score (nSPS) is 22.8. The number of carbonyl (C=O) groups excluding carboxylic acids is 1. The van der Waals surface area contributed by atoms with Crippen LogP contribution < -0.4 is 15.0 Å². The Kier molecular flexibility index (Phi) is 5.48. The van der Waals surface area contributed by atoms with Gasteiger partial charge in [-0.2, -0.15) is 17.7 Å². The maximum absolute atomic E-state index is 15.0. The van der Waals surface area contributed by atoms with E-state index in [-0.39, 0.29) is 35.6 Å². The van der Waals surface area contributed by atoms with Crippen LogP contribution in [-0.4, -0.2) is 41.7 Å². The van der Waals surface area contributed by atoms with Gasteiger partial charge in [0.2, 0.25) is 11.4 Å². The van der Waals surface area contributed by atoms with Crippen LogP contribution in [0.5, 0.6) is 5.75 Å². The molecule has 5 rings (SSSR count). The molecule has 3 aliphatic heterocycles. The number of amides is 1. The molecule has 1 fully saturated rings. The van der Waals surface area contributed by atoms with Crippen LogP contribution in [0.15, 0.2) is 70.5 Å². The van der Waals surface area contributed by atoms with Crippen LogP contribution in [0.2, 0.25) is 0 Å². The lowest BCUT2D eigenvalue weighted by Crippen LogP contribution is -2.38. The number of amidine groups is 1. The highest BCUT2D eigenvalue weighted by atomic mass is 19.4. The summed E-state index contributed by atoms with van der Waals surface area (Å²) in [7, 11) is 0. The van der Waals surface area contributed by atoms with Gasteiger partial charge in [0.1, 0.15) is 7.47 Å². The lowest BCUT2D eigenvalue weighted by atomic mass is 10.1. The van der Waals surface area contributed by atoms with E-state index in [1.165, 1.54) is 31.2 Å². The summed E-state index contributed by atoms with van der Waals surface area (Å²) in [6.45, 7) is -0.458. The molecular formula is C29H29F4N4O2+. The SMILES string of the molecule is [2H]C1=C(C([2H])([2H])[2H])C([2H])=[N+]2C(=NC(C)=C2C(=O)NCc2ccc(OC3CCN(c4ccc(C(F)(F)F)cc4)CC3)c(F)c2)C1[2H]. The molecule has 204 valence electrons. The number of piperidine rings is 1. The highest BCUT2D eigenvalue weighted by Crippen LogP contribution is 2.32. The van der Waals surface area contributed by atoms with E-state index in [4.69, 9.17) is 13.0 Å². The zero-order chi connectivity index (χ0) is 32.8. The zero-order valence-corrected chi connectivity index (χ0v) is 20.9. The van der Waals surface area contributed by atoms with Gasteiger partial charge in [-0.15, -0.1) is 0 Å². The maximum atomic E-state index is 15.0. The van der Waals surface area contributed by atoms with Gasteiger partial charge >= 0.3 is 12.0 Å². The summed E-state index contributed by atoms with van der Waals surface area (Å²) in [5.74, 6) is -1.47. The van der Waals surface area contributed by atoms with Gasteiger partial charge in [-0.3, -0.25) is 4.79 Å². The number of anilines is 1. The Bertz CT molecular complexity index is 1640. The summed E-state index contributed by atoms with van der Waals surface area (Å²) in [6, 6.07) is 8.58. The van der Waals surface area contributed by atoms with Crippen LogP contribution >= 0.6 is 0 Å². The molecule has 6 nitrogen and oxygen atoms in total. The van der Waals surface area contributed by atoms with Crippen molar-refractivity contribution >= 4 is 23.6 Å². The van der Waals surface area contributed by atoms with Crippen LogP contribution in [0, 0.1) is 5.82 Å². The van der Waals surface area contributed by atoms with Gasteiger partial charge in [0.25, 0.3) is 5.91 Å². The molecule has 1 atom stereocenters. The van der Waals surface area contributed by atoms with E-state index in [2.05, 4.69) is 10.3 Å². The van der Waals surface area contributed by atoms with Crippen molar-refractivity contribution in [2.75, 3.05) is 18.0 Å². The van der Waals surface area contributed by atoms with Gasteiger partial charge < -0.3 is 15.0 Å². The minimum atomic E-state index is -4.40. The van der Waals surface area contributed by atoms with Gasteiger partial charge in [0, 0.05) is 50.6 Å². The molecule has 1 amide bonds. The number of rotatable bonds is 6. The Morgan fingerprint density at radius 2 is 2.00 bits per heavy atom. The molecule has 3 aliphatic rings. The quantitative estimate of drug-likeness (QED) is 0.379. The Morgan fingerprint density at radius 3 is 2.67 bits per heavy atom. The third-order valence-corrected chi connectivity index (χ3v) is 6.61. The molecule has 10 heteroatoms. The molecule has 0 bridgehead atoms. The van der Waals surface area contributed by atoms with E-state index in [1.54, 1.807) is 6.07 Å². The van der Waals surface area contributed by atoms with Crippen molar-refractivity contribution in [3.05, 3.63) is 82.4 Å². The first-order valence-corrected chi connectivity index (χ1v) is 12.3. The van der Waals surface area contributed by atoms with Gasteiger partial charge in [-0.25, -0.2) is 4.39 Å². The van der Waals surface area contributed by atoms with Crippen molar-refractivity contribution in [1.82, 2.24) is 5.32 Å². The van der Waals surface area contributed by atoms with E-state index in [0.29, 0.717) is 37.2 Å². The van der Waals surface area contributed by atoms with Crippen LogP contribution in [0.1, 0.15) is 52.4 Å². The predicted molar refractivity (Wildman–Crippen MR) is 140 cm³/mol. The van der Waals surface area contributed by atoms with Crippen LogP contribution in [-0.2, 0) is 17.5 Å². The molecular weight excluding hydrogens is 512 g/mol. The Balaban J connectivity index is 1.19. The van der Waals surface area contributed by atoms with Crippen molar-refractivity contribution in [2.45, 2.75) is 51.8 Å². The van der Waals surface area contributed by atoms with Crippen LogP contribution in [0.4, 0.5) is 23.2 Å². The lowest BCUT2D eigenvalue weighted by Gasteiger charge is -2.34. The molecule has 39 heavy (non-hydrogen) atoms. The molecule has 3 heterocycles. The summed E-state index contributed by atoms with van der Waals surface area (Å²) in [5, 5.41) is 2.62. The number of fused-ring (bicyclic) bond motifs is 1. The Morgan fingerprint density at radius 1 is 1.26 bits per heavy atom. The lowest BCUT2D eigenvalue weighted by molar-refractivity contribution is -0.337. The number of halogens is 4. The minimum Gasteiger partial charge on any atom is -0.487 e. The second-order valence-corrected chi connectivity index (χ2v) is 9.31. The fraction of sp³-hybridized carbons (Fsp3) is 0.345. The van der Waals surface area contributed by atoms with E-state index in [0.717, 1.165) is 16.7 Å². The van der Waals surface area contributed by atoms with Crippen molar-refractivity contribution < 1.29 is 39.9 Å². The summed E-state index contributed by atoms with van der Waals surface area (Å²) in [6.07, 6.45) is -5.76. The number of ether oxygens (including phenoxy) is 1. The van der Waals surface area contributed by atoms with Crippen LogP contribution in [0.25, 0.3) is 0 Å². The van der Waals surface area contributed by atoms with Gasteiger partial charge in [0.15, 0.2) is 11.6 Å². The molecule has 0 radical (unpaired) electrons. The number of aliphatic imine (C=N–C) groups is 1. The molecule has 0 spiro atoms. The molecule has 1 N–H and O–H groups in total. The smallest absolute Gasteiger partial charge is 0.416 e. The summed E-state index contributed by atoms with van der Waals surface area (Å²) < 4.78 is 108. The van der Waals surface area contributed by atoms with Gasteiger partial charge in [-0.1, -0.05) is 12.1 Å². The third kappa shape index (κ3) is 5.89. The number of nitrogens with zero attached hydrogens (tertiary/aromatic N) is 3. The average Bonchev–Trinajstić information content (AvgIpc) is 3.33. The Hall–Kier alpha value is -3.95.